The number of ether oxygens (including phenoxy) is 2. The number of nitrogens with one attached hydrogen (secondary N) is 1. The maximum atomic E-state index is 14.6. The fourth-order valence-corrected chi connectivity index (χ4v) is 5.85. The SMILES string of the molecule is CC(C)(C)OC(=O)C1CC=C2c3cc(Cl)ccc3NC2C12C(=O)N(C(=O)OC(C)(C)C)c1ccccc12. The van der Waals surface area contributed by atoms with E-state index in [0.717, 1.165) is 21.7 Å². The first kappa shape index (κ1) is 25.3. The molecule has 8 heteroatoms. The Hall–Kier alpha value is -3.32. The molecule has 2 aliphatic heterocycles. The van der Waals surface area contributed by atoms with Gasteiger partial charge in [-0.15, -0.1) is 0 Å². The average molecular weight is 523 g/mol. The zero-order valence-corrected chi connectivity index (χ0v) is 22.6. The quantitative estimate of drug-likeness (QED) is 0.455. The Balaban J connectivity index is 1.73. The topological polar surface area (TPSA) is 84.9 Å². The average Bonchev–Trinajstić information content (AvgIpc) is 3.26. The normalized spacial score (nSPS) is 24.1. The summed E-state index contributed by atoms with van der Waals surface area (Å²) in [4.78, 5) is 42.9. The van der Waals surface area contributed by atoms with Gasteiger partial charge in [-0.3, -0.25) is 9.59 Å². The summed E-state index contributed by atoms with van der Waals surface area (Å²) >= 11 is 6.33. The molecule has 0 aromatic heterocycles. The molecule has 37 heavy (non-hydrogen) atoms. The minimum atomic E-state index is -1.44. The largest absolute Gasteiger partial charge is 0.460 e. The molecule has 7 nitrogen and oxygen atoms in total. The van der Waals surface area contributed by atoms with E-state index < -0.39 is 46.5 Å². The summed E-state index contributed by atoms with van der Waals surface area (Å²) in [6, 6.07) is 12.0. The number of anilines is 2. The van der Waals surface area contributed by atoms with E-state index in [4.69, 9.17) is 21.1 Å². The van der Waals surface area contributed by atoms with Crippen LogP contribution in [-0.4, -0.2) is 35.2 Å². The van der Waals surface area contributed by atoms with Crippen LogP contribution in [-0.2, 0) is 24.5 Å². The third-order valence-electron chi connectivity index (χ3n) is 6.90. The number of benzene rings is 2. The van der Waals surface area contributed by atoms with Gasteiger partial charge in [0.2, 0.25) is 0 Å². The van der Waals surface area contributed by atoms with Crippen LogP contribution in [0.4, 0.5) is 16.2 Å². The molecule has 2 amide bonds. The number of hydrogen-bond acceptors (Lipinski definition) is 6. The summed E-state index contributed by atoms with van der Waals surface area (Å²) in [5.41, 5.74) is 0.538. The fourth-order valence-electron chi connectivity index (χ4n) is 5.68. The predicted molar refractivity (Wildman–Crippen MR) is 143 cm³/mol. The minimum Gasteiger partial charge on any atom is -0.460 e. The van der Waals surface area contributed by atoms with E-state index in [2.05, 4.69) is 5.32 Å². The predicted octanol–water partition coefficient (Wildman–Crippen LogP) is 6.10. The number of nitrogens with zero attached hydrogens (tertiary/aromatic N) is 1. The molecular formula is C29H31ClN2O5. The highest BCUT2D eigenvalue weighted by Crippen LogP contribution is 2.58. The van der Waals surface area contributed by atoms with E-state index in [-0.39, 0.29) is 6.42 Å². The van der Waals surface area contributed by atoms with E-state index in [1.807, 2.05) is 30.3 Å². The van der Waals surface area contributed by atoms with Crippen LogP contribution >= 0.6 is 11.6 Å². The third-order valence-corrected chi connectivity index (χ3v) is 7.13. The van der Waals surface area contributed by atoms with Crippen molar-refractivity contribution in [3.63, 3.8) is 0 Å². The van der Waals surface area contributed by atoms with Gasteiger partial charge in [0.25, 0.3) is 5.91 Å². The van der Waals surface area contributed by atoms with Crippen molar-refractivity contribution >= 4 is 46.5 Å². The number of esters is 1. The monoisotopic (exact) mass is 522 g/mol. The lowest BCUT2D eigenvalue weighted by atomic mass is 9.60. The summed E-state index contributed by atoms with van der Waals surface area (Å²) in [5, 5.41) is 4.06. The highest BCUT2D eigenvalue weighted by Gasteiger charge is 2.67. The number of para-hydroxylation sites is 1. The lowest BCUT2D eigenvalue weighted by Crippen LogP contribution is -2.60. The first-order chi connectivity index (χ1) is 17.2. The molecular weight excluding hydrogens is 492 g/mol. The van der Waals surface area contributed by atoms with E-state index >= 15 is 0 Å². The lowest BCUT2D eigenvalue weighted by molar-refractivity contribution is -0.164. The van der Waals surface area contributed by atoms with Gasteiger partial charge >= 0.3 is 12.1 Å². The molecule has 0 bridgehead atoms. The van der Waals surface area contributed by atoms with Crippen molar-refractivity contribution in [1.29, 1.82) is 0 Å². The maximum absolute atomic E-state index is 14.6. The van der Waals surface area contributed by atoms with Gasteiger partial charge in [-0.25, -0.2) is 9.69 Å². The second-order valence-electron chi connectivity index (χ2n) is 11.8. The van der Waals surface area contributed by atoms with Gasteiger partial charge in [0.15, 0.2) is 0 Å². The molecule has 1 aliphatic carbocycles. The Kier molecular flexibility index (Phi) is 5.72. The van der Waals surface area contributed by atoms with Crippen LogP contribution in [0.15, 0.2) is 48.5 Å². The standard InChI is InChI=1S/C29H31ClN2O5/c1-27(2,3)36-24(33)20-13-12-17-18-15-16(30)11-14-21(18)31-23(17)29(20)19-9-7-8-10-22(19)32(25(29)34)26(35)37-28(4,5)6/h7-12,14-15,20,23,31H,13H2,1-6H3. The Morgan fingerprint density at radius 1 is 1.03 bits per heavy atom. The van der Waals surface area contributed by atoms with Crippen LogP contribution in [0.5, 0.6) is 0 Å². The molecule has 1 N–H and O–H groups in total. The van der Waals surface area contributed by atoms with Gasteiger partial charge in [-0.05, 0) is 83.4 Å². The van der Waals surface area contributed by atoms with Gasteiger partial charge in [-0.2, -0.15) is 0 Å². The zero-order valence-electron chi connectivity index (χ0n) is 21.8. The summed E-state index contributed by atoms with van der Waals surface area (Å²) < 4.78 is 11.5. The van der Waals surface area contributed by atoms with Crippen molar-refractivity contribution in [3.05, 3.63) is 64.7 Å². The summed E-state index contributed by atoms with van der Waals surface area (Å²) in [6.07, 6.45) is 1.46. The summed E-state index contributed by atoms with van der Waals surface area (Å²) in [5.74, 6) is -1.88. The number of fused-ring (bicyclic) bond motifs is 6. The fraction of sp³-hybridized carbons (Fsp3) is 0.414. The van der Waals surface area contributed by atoms with E-state index in [1.165, 1.54) is 0 Å². The number of carbonyl (C=O) groups is 3. The smallest absolute Gasteiger partial charge is 0.421 e. The Morgan fingerprint density at radius 3 is 2.38 bits per heavy atom. The van der Waals surface area contributed by atoms with Crippen LogP contribution in [0, 0.1) is 5.92 Å². The van der Waals surface area contributed by atoms with Crippen molar-refractivity contribution in [2.24, 2.45) is 5.92 Å². The highest BCUT2D eigenvalue weighted by atomic mass is 35.5. The summed E-state index contributed by atoms with van der Waals surface area (Å²) in [7, 11) is 0. The van der Waals surface area contributed by atoms with Crippen molar-refractivity contribution < 1.29 is 23.9 Å². The molecule has 0 saturated heterocycles. The molecule has 0 fully saturated rings. The van der Waals surface area contributed by atoms with Crippen molar-refractivity contribution in [3.8, 4) is 0 Å². The first-order valence-electron chi connectivity index (χ1n) is 12.4. The van der Waals surface area contributed by atoms with Gasteiger partial charge in [0.05, 0.1) is 17.6 Å². The van der Waals surface area contributed by atoms with Crippen molar-refractivity contribution in [2.45, 2.75) is 70.6 Å². The van der Waals surface area contributed by atoms with Crippen LogP contribution < -0.4 is 10.2 Å². The molecule has 2 aromatic rings. The zero-order chi connectivity index (χ0) is 26.9. The lowest BCUT2D eigenvalue weighted by Gasteiger charge is -2.43. The highest BCUT2D eigenvalue weighted by molar-refractivity contribution is 6.31. The van der Waals surface area contributed by atoms with Gasteiger partial charge in [-0.1, -0.05) is 35.9 Å². The van der Waals surface area contributed by atoms with Crippen LogP contribution in [0.25, 0.3) is 5.57 Å². The molecule has 194 valence electrons. The van der Waals surface area contributed by atoms with Gasteiger partial charge in [0.1, 0.15) is 16.6 Å². The number of hydrogen-bond donors (Lipinski definition) is 1. The number of imide groups is 1. The molecule has 1 spiro atoms. The first-order valence-corrected chi connectivity index (χ1v) is 12.8. The molecule has 3 unspecified atom stereocenters. The van der Waals surface area contributed by atoms with Crippen molar-refractivity contribution in [1.82, 2.24) is 0 Å². The maximum Gasteiger partial charge on any atom is 0.421 e. The van der Waals surface area contributed by atoms with E-state index in [9.17, 15) is 14.4 Å². The second kappa shape index (κ2) is 8.35. The third kappa shape index (κ3) is 4.00. The number of carbonyl (C=O) groups excluding carboxylic acids is 3. The van der Waals surface area contributed by atoms with E-state index in [1.54, 1.807) is 59.7 Å². The van der Waals surface area contributed by atoms with E-state index in [0.29, 0.717) is 16.3 Å². The molecule has 2 heterocycles. The minimum absolute atomic E-state index is 0.261. The second-order valence-corrected chi connectivity index (χ2v) is 12.2. The van der Waals surface area contributed by atoms with Crippen LogP contribution in [0.2, 0.25) is 5.02 Å². The van der Waals surface area contributed by atoms with Crippen LogP contribution in [0.1, 0.15) is 59.1 Å². The molecule has 3 aliphatic rings. The Bertz CT molecular complexity index is 1350. The number of allylic oxidation sites excluding steroid dienone is 1. The van der Waals surface area contributed by atoms with Crippen molar-refractivity contribution in [2.75, 3.05) is 10.2 Å². The summed E-state index contributed by atoms with van der Waals surface area (Å²) in [6.45, 7) is 10.6. The molecule has 2 aromatic carbocycles. The Morgan fingerprint density at radius 2 is 1.70 bits per heavy atom. The number of halogens is 1. The van der Waals surface area contributed by atoms with Crippen LogP contribution in [0.3, 0.4) is 0 Å². The molecule has 5 rings (SSSR count). The number of amides is 2. The Labute approximate surface area is 221 Å². The molecule has 3 atom stereocenters. The molecule has 0 radical (unpaired) electrons. The number of rotatable bonds is 1. The van der Waals surface area contributed by atoms with Gasteiger partial charge in [0, 0.05) is 16.3 Å². The van der Waals surface area contributed by atoms with Gasteiger partial charge < -0.3 is 14.8 Å². The molecule has 0 saturated carbocycles.